The molecule has 1 saturated carbocycles. The Kier molecular flexibility index (Phi) is 3.53. The van der Waals surface area contributed by atoms with Crippen LogP contribution in [0.5, 0.6) is 0 Å². The van der Waals surface area contributed by atoms with E-state index in [-0.39, 0.29) is 11.9 Å². The summed E-state index contributed by atoms with van der Waals surface area (Å²) in [6.07, 6.45) is 4.86. The molecule has 1 aliphatic carbocycles. The summed E-state index contributed by atoms with van der Waals surface area (Å²) >= 11 is 5.36. The molecule has 58 valence electrons. The molecule has 0 aromatic rings. The van der Waals surface area contributed by atoms with Crippen LogP contribution in [-0.4, -0.2) is 24.0 Å². The second kappa shape index (κ2) is 4.22. The molecule has 1 fully saturated rings. The summed E-state index contributed by atoms with van der Waals surface area (Å²) < 4.78 is 5.18. The van der Waals surface area contributed by atoms with Crippen molar-refractivity contribution in [2.45, 2.75) is 31.8 Å². The molecular weight excluding hydrogens is 150 g/mol. The predicted octanol–water partition coefficient (Wildman–Crippen LogP) is 1.20. The molecule has 1 aliphatic rings. The van der Waals surface area contributed by atoms with E-state index in [2.05, 4.69) is 0 Å². The van der Waals surface area contributed by atoms with Gasteiger partial charge < -0.3 is 9.68 Å². The first-order valence-electron chi connectivity index (χ1n) is 3.72. The molecule has 0 radical (unpaired) electrons. The van der Waals surface area contributed by atoms with Crippen LogP contribution in [0, 0.1) is 0 Å². The minimum atomic E-state index is -0.759. The third-order valence-corrected chi connectivity index (χ3v) is 2.05. The van der Waals surface area contributed by atoms with Gasteiger partial charge in [-0.1, -0.05) is 12.8 Å². The van der Waals surface area contributed by atoms with Gasteiger partial charge in [-0.3, -0.25) is 0 Å². The van der Waals surface area contributed by atoms with E-state index in [0.29, 0.717) is 0 Å². The molecule has 4 heteroatoms. The molecule has 1 rings (SSSR count). The minimum absolute atomic E-state index is 0.177. The lowest BCUT2D eigenvalue weighted by molar-refractivity contribution is 0.174. The van der Waals surface area contributed by atoms with Crippen molar-refractivity contribution >= 4 is 18.7 Å². The van der Waals surface area contributed by atoms with E-state index in [1.54, 1.807) is 0 Å². The Bertz CT molecular complexity index is 95.7. The molecule has 0 spiro atoms. The van der Waals surface area contributed by atoms with Crippen molar-refractivity contribution in [2.75, 3.05) is 5.78 Å². The number of hydrogen-bond donors (Lipinski definition) is 1. The summed E-state index contributed by atoms with van der Waals surface area (Å²) in [5.41, 5.74) is 0. The third kappa shape index (κ3) is 2.49. The molecule has 0 saturated heterocycles. The number of alkyl halides is 1. The Balaban J connectivity index is 2.11. The quantitative estimate of drug-likeness (QED) is 0.499. The molecule has 0 aromatic heterocycles. The zero-order valence-corrected chi connectivity index (χ0v) is 6.68. The standard InChI is InChI=1S/C6H12BClO2/c8-5-7(9)10-6-3-1-2-4-6/h6,9H,1-5H2. The normalized spacial score (nSPS) is 19.8. The van der Waals surface area contributed by atoms with Crippen molar-refractivity contribution in [2.24, 2.45) is 0 Å². The summed E-state index contributed by atoms with van der Waals surface area (Å²) in [5, 5.41) is 8.96. The summed E-state index contributed by atoms with van der Waals surface area (Å²) in [5.74, 6) is 0.177. The zero-order valence-electron chi connectivity index (χ0n) is 5.92. The van der Waals surface area contributed by atoms with Crippen LogP contribution in [0.1, 0.15) is 25.7 Å². The fraction of sp³-hybridized carbons (Fsp3) is 1.00. The lowest BCUT2D eigenvalue weighted by Gasteiger charge is -2.11. The van der Waals surface area contributed by atoms with Gasteiger partial charge in [0.25, 0.3) is 0 Å². The van der Waals surface area contributed by atoms with Gasteiger partial charge in [-0.25, -0.2) is 0 Å². The van der Waals surface area contributed by atoms with Crippen molar-refractivity contribution in [1.29, 1.82) is 0 Å². The van der Waals surface area contributed by atoms with Crippen LogP contribution in [0.2, 0.25) is 0 Å². The van der Waals surface area contributed by atoms with Gasteiger partial charge in [-0.05, 0) is 12.8 Å². The topological polar surface area (TPSA) is 29.5 Å². The summed E-state index contributed by atoms with van der Waals surface area (Å²) in [6, 6.07) is 0. The van der Waals surface area contributed by atoms with Crippen molar-refractivity contribution in [3.05, 3.63) is 0 Å². The lowest BCUT2D eigenvalue weighted by atomic mass is 9.95. The van der Waals surface area contributed by atoms with Gasteiger partial charge in [0.1, 0.15) is 0 Å². The van der Waals surface area contributed by atoms with Gasteiger partial charge in [-0.2, -0.15) is 0 Å². The first-order chi connectivity index (χ1) is 4.83. The maximum atomic E-state index is 8.96. The van der Waals surface area contributed by atoms with Gasteiger partial charge in [0, 0.05) is 6.10 Å². The summed E-state index contributed by atoms with van der Waals surface area (Å²) in [6.45, 7) is 0. The van der Waals surface area contributed by atoms with Gasteiger partial charge in [0.15, 0.2) is 0 Å². The SMILES string of the molecule is OB(CCl)OC1CCCC1. The second-order valence-electron chi connectivity index (χ2n) is 2.65. The molecule has 1 N–H and O–H groups in total. The van der Waals surface area contributed by atoms with E-state index in [9.17, 15) is 0 Å². The fourth-order valence-electron chi connectivity index (χ4n) is 1.28. The van der Waals surface area contributed by atoms with Crippen LogP contribution in [-0.2, 0) is 4.65 Å². The Morgan fingerprint density at radius 3 is 2.60 bits per heavy atom. The molecule has 0 aliphatic heterocycles. The van der Waals surface area contributed by atoms with Crippen LogP contribution in [0.4, 0.5) is 0 Å². The molecule has 10 heavy (non-hydrogen) atoms. The first kappa shape index (κ1) is 8.37. The van der Waals surface area contributed by atoms with E-state index < -0.39 is 7.12 Å². The Labute approximate surface area is 66.7 Å². The van der Waals surface area contributed by atoms with Crippen molar-refractivity contribution < 1.29 is 9.68 Å². The highest BCUT2D eigenvalue weighted by molar-refractivity contribution is 6.55. The van der Waals surface area contributed by atoms with Gasteiger partial charge in [-0.15, -0.1) is 11.6 Å². The van der Waals surface area contributed by atoms with E-state index in [1.165, 1.54) is 12.8 Å². The molecule has 0 bridgehead atoms. The molecule has 0 unspecified atom stereocenters. The Hall–Kier alpha value is 0.275. The third-order valence-electron chi connectivity index (χ3n) is 1.78. The number of hydrogen-bond acceptors (Lipinski definition) is 2. The van der Waals surface area contributed by atoms with E-state index in [4.69, 9.17) is 21.3 Å². The highest BCUT2D eigenvalue weighted by atomic mass is 35.5. The first-order valence-corrected chi connectivity index (χ1v) is 4.26. The monoisotopic (exact) mass is 162 g/mol. The zero-order chi connectivity index (χ0) is 7.40. The predicted molar refractivity (Wildman–Crippen MR) is 42.0 cm³/mol. The average molecular weight is 162 g/mol. The number of halogens is 1. The van der Waals surface area contributed by atoms with E-state index >= 15 is 0 Å². The lowest BCUT2D eigenvalue weighted by Crippen LogP contribution is -2.25. The van der Waals surface area contributed by atoms with Gasteiger partial charge in [0.05, 0.1) is 5.78 Å². The van der Waals surface area contributed by atoms with Gasteiger partial charge in [0.2, 0.25) is 0 Å². The highest BCUT2D eigenvalue weighted by Crippen LogP contribution is 2.21. The molecule has 0 amide bonds. The average Bonchev–Trinajstić information content (AvgIpc) is 2.40. The van der Waals surface area contributed by atoms with Crippen LogP contribution >= 0.6 is 11.6 Å². The van der Waals surface area contributed by atoms with Crippen LogP contribution < -0.4 is 0 Å². The minimum Gasteiger partial charge on any atom is -0.426 e. The van der Waals surface area contributed by atoms with Crippen molar-refractivity contribution in [3.63, 3.8) is 0 Å². The Morgan fingerprint density at radius 2 is 2.10 bits per heavy atom. The Morgan fingerprint density at radius 1 is 1.50 bits per heavy atom. The summed E-state index contributed by atoms with van der Waals surface area (Å²) in [7, 11) is -0.759. The maximum Gasteiger partial charge on any atom is 0.470 e. The largest absolute Gasteiger partial charge is 0.470 e. The molecule has 0 aromatic carbocycles. The van der Waals surface area contributed by atoms with Crippen molar-refractivity contribution in [1.82, 2.24) is 0 Å². The maximum absolute atomic E-state index is 8.96. The summed E-state index contributed by atoms with van der Waals surface area (Å²) in [4.78, 5) is 0. The molecule has 0 atom stereocenters. The fourth-order valence-corrected chi connectivity index (χ4v) is 1.36. The molecule has 2 nitrogen and oxygen atoms in total. The molecule has 0 heterocycles. The van der Waals surface area contributed by atoms with Crippen LogP contribution in [0.25, 0.3) is 0 Å². The number of rotatable bonds is 3. The van der Waals surface area contributed by atoms with Crippen LogP contribution in [0.3, 0.4) is 0 Å². The smallest absolute Gasteiger partial charge is 0.426 e. The van der Waals surface area contributed by atoms with E-state index in [0.717, 1.165) is 12.8 Å². The van der Waals surface area contributed by atoms with Crippen molar-refractivity contribution in [3.8, 4) is 0 Å². The van der Waals surface area contributed by atoms with E-state index in [1.807, 2.05) is 0 Å². The van der Waals surface area contributed by atoms with Crippen LogP contribution in [0.15, 0.2) is 0 Å². The molecular formula is C6H12BClO2. The highest BCUT2D eigenvalue weighted by Gasteiger charge is 2.21. The van der Waals surface area contributed by atoms with Gasteiger partial charge >= 0.3 is 7.12 Å². The second-order valence-corrected chi connectivity index (χ2v) is 2.96.